The Morgan fingerprint density at radius 3 is 2.78 bits per heavy atom. The van der Waals surface area contributed by atoms with Gasteiger partial charge in [0, 0.05) is 32.0 Å². The zero-order chi connectivity index (χ0) is 16.2. The third-order valence-corrected chi connectivity index (χ3v) is 4.74. The lowest BCUT2D eigenvalue weighted by atomic mass is 10.1. The van der Waals surface area contributed by atoms with Gasteiger partial charge in [0.2, 0.25) is 17.7 Å². The predicted molar refractivity (Wildman–Crippen MR) is 82.4 cm³/mol. The van der Waals surface area contributed by atoms with E-state index in [0.717, 1.165) is 19.3 Å². The van der Waals surface area contributed by atoms with E-state index in [-0.39, 0.29) is 17.7 Å². The van der Waals surface area contributed by atoms with Crippen LogP contribution in [0.4, 0.5) is 0 Å². The highest BCUT2D eigenvalue weighted by atomic mass is 16.5. The molecule has 1 N–H and O–H groups in total. The Morgan fingerprint density at radius 1 is 1.30 bits per heavy atom. The van der Waals surface area contributed by atoms with E-state index in [2.05, 4.69) is 15.5 Å². The van der Waals surface area contributed by atoms with Crippen molar-refractivity contribution in [1.29, 1.82) is 0 Å². The van der Waals surface area contributed by atoms with E-state index in [9.17, 15) is 9.59 Å². The number of amides is 2. The first kappa shape index (κ1) is 16.0. The summed E-state index contributed by atoms with van der Waals surface area (Å²) in [5, 5.41) is 6.84. The van der Waals surface area contributed by atoms with Crippen molar-refractivity contribution in [3.05, 3.63) is 11.7 Å². The Hall–Kier alpha value is -1.92. The normalized spacial score (nSPS) is 21.8. The maximum Gasteiger partial charge on any atom is 0.227 e. The molecule has 1 aromatic heterocycles. The van der Waals surface area contributed by atoms with Gasteiger partial charge >= 0.3 is 0 Å². The minimum atomic E-state index is -0.0646. The number of likely N-dealkylation sites (tertiary alicyclic amines) is 1. The van der Waals surface area contributed by atoms with Crippen LogP contribution in [0.3, 0.4) is 0 Å². The Balaban J connectivity index is 1.43. The molecule has 1 aromatic rings. The van der Waals surface area contributed by atoms with Crippen molar-refractivity contribution in [2.75, 3.05) is 13.1 Å². The summed E-state index contributed by atoms with van der Waals surface area (Å²) >= 11 is 0. The van der Waals surface area contributed by atoms with Crippen molar-refractivity contribution in [2.24, 2.45) is 5.92 Å². The van der Waals surface area contributed by atoms with Crippen molar-refractivity contribution < 1.29 is 14.1 Å². The molecule has 0 bridgehead atoms. The van der Waals surface area contributed by atoms with E-state index in [1.165, 1.54) is 12.8 Å². The highest BCUT2D eigenvalue weighted by Crippen LogP contribution is 2.21. The fraction of sp³-hybridized carbons (Fsp3) is 0.750. The SMILES string of the molecule is Cc1noc(CCC(=O)N2CC[C@@H](C(=O)NC3CCCC3)C2)n1. The summed E-state index contributed by atoms with van der Waals surface area (Å²) in [6, 6.07) is 0.341. The minimum absolute atomic E-state index is 0.0528. The average Bonchev–Trinajstić information content (AvgIpc) is 3.26. The van der Waals surface area contributed by atoms with Gasteiger partial charge in [-0.05, 0) is 26.2 Å². The van der Waals surface area contributed by atoms with Gasteiger partial charge < -0.3 is 14.7 Å². The number of hydrogen-bond donors (Lipinski definition) is 1. The van der Waals surface area contributed by atoms with Gasteiger partial charge in [-0.15, -0.1) is 0 Å². The van der Waals surface area contributed by atoms with Gasteiger partial charge in [-0.1, -0.05) is 18.0 Å². The molecule has 2 aliphatic rings. The second-order valence-electron chi connectivity index (χ2n) is 6.55. The first-order valence-electron chi connectivity index (χ1n) is 8.49. The second-order valence-corrected chi connectivity index (χ2v) is 6.55. The lowest BCUT2D eigenvalue weighted by molar-refractivity contribution is -0.130. The monoisotopic (exact) mass is 320 g/mol. The van der Waals surface area contributed by atoms with Crippen molar-refractivity contribution in [2.45, 2.75) is 57.9 Å². The van der Waals surface area contributed by atoms with Crippen molar-refractivity contribution >= 4 is 11.8 Å². The number of aromatic nitrogens is 2. The lowest BCUT2D eigenvalue weighted by Crippen LogP contribution is -2.39. The maximum absolute atomic E-state index is 12.3. The molecular formula is C16H24N4O3. The quantitative estimate of drug-likeness (QED) is 0.881. The average molecular weight is 320 g/mol. The van der Waals surface area contributed by atoms with Crippen LogP contribution in [0.2, 0.25) is 0 Å². The fourth-order valence-electron chi connectivity index (χ4n) is 3.40. The summed E-state index contributed by atoms with van der Waals surface area (Å²) in [5.74, 6) is 1.17. The molecule has 23 heavy (non-hydrogen) atoms. The smallest absolute Gasteiger partial charge is 0.227 e. The van der Waals surface area contributed by atoms with Gasteiger partial charge in [0.05, 0.1) is 5.92 Å². The predicted octanol–water partition coefficient (Wildman–Crippen LogP) is 1.22. The van der Waals surface area contributed by atoms with E-state index in [4.69, 9.17) is 4.52 Å². The largest absolute Gasteiger partial charge is 0.353 e. The van der Waals surface area contributed by atoms with Crippen LogP contribution in [0.15, 0.2) is 4.52 Å². The summed E-state index contributed by atoms with van der Waals surface area (Å²) in [5.41, 5.74) is 0. The van der Waals surface area contributed by atoms with Gasteiger partial charge in [-0.2, -0.15) is 4.98 Å². The lowest BCUT2D eigenvalue weighted by Gasteiger charge is -2.18. The Labute approximate surface area is 135 Å². The fourth-order valence-corrected chi connectivity index (χ4v) is 3.40. The van der Waals surface area contributed by atoms with Gasteiger partial charge in [0.25, 0.3) is 0 Å². The van der Waals surface area contributed by atoms with Gasteiger partial charge in [0.1, 0.15) is 0 Å². The molecule has 1 atom stereocenters. The highest BCUT2D eigenvalue weighted by Gasteiger charge is 2.32. The van der Waals surface area contributed by atoms with Crippen LogP contribution in [-0.2, 0) is 16.0 Å². The summed E-state index contributed by atoms with van der Waals surface area (Å²) in [4.78, 5) is 30.4. The maximum atomic E-state index is 12.3. The number of nitrogens with zero attached hydrogens (tertiary/aromatic N) is 3. The summed E-state index contributed by atoms with van der Waals surface area (Å²) in [7, 11) is 0. The Bertz CT molecular complexity index is 565. The van der Waals surface area contributed by atoms with E-state index in [1.54, 1.807) is 11.8 Å². The van der Waals surface area contributed by atoms with Crippen LogP contribution < -0.4 is 5.32 Å². The number of carbonyl (C=O) groups excluding carboxylic acids is 2. The molecule has 2 fully saturated rings. The number of aryl methyl sites for hydroxylation is 2. The van der Waals surface area contributed by atoms with E-state index < -0.39 is 0 Å². The molecule has 7 heteroatoms. The molecule has 0 unspecified atom stereocenters. The Kier molecular flexibility index (Phi) is 4.93. The van der Waals surface area contributed by atoms with Crippen LogP contribution in [0.5, 0.6) is 0 Å². The number of nitrogens with one attached hydrogen (secondary N) is 1. The number of hydrogen-bond acceptors (Lipinski definition) is 5. The molecule has 0 spiro atoms. The van der Waals surface area contributed by atoms with Crippen LogP contribution in [-0.4, -0.2) is 46.0 Å². The molecule has 1 aliphatic heterocycles. The summed E-state index contributed by atoms with van der Waals surface area (Å²) < 4.78 is 5.02. The molecule has 0 aromatic carbocycles. The Morgan fingerprint density at radius 2 is 2.09 bits per heavy atom. The molecule has 1 aliphatic carbocycles. The zero-order valence-electron chi connectivity index (χ0n) is 13.6. The van der Waals surface area contributed by atoms with Crippen LogP contribution in [0, 0.1) is 12.8 Å². The molecule has 7 nitrogen and oxygen atoms in total. The standard InChI is InChI=1S/C16H24N4O3/c1-11-17-14(23-19-11)6-7-15(21)20-9-8-12(10-20)16(22)18-13-4-2-3-5-13/h12-13H,2-10H2,1H3,(H,18,22)/t12-/m1/s1. The molecular weight excluding hydrogens is 296 g/mol. The van der Waals surface area contributed by atoms with Crippen molar-refractivity contribution in [3.63, 3.8) is 0 Å². The second kappa shape index (κ2) is 7.10. The van der Waals surface area contributed by atoms with Crippen molar-refractivity contribution in [3.8, 4) is 0 Å². The first-order chi connectivity index (χ1) is 11.1. The van der Waals surface area contributed by atoms with E-state index in [1.807, 2.05) is 0 Å². The molecule has 2 amide bonds. The van der Waals surface area contributed by atoms with E-state index >= 15 is 0 Å². The highest BCUT2D eigenvalue weighted by molar-refractivity contribution is 5.82. The summed E-state index contributed by atoms with van der Waals surface area (Å²) in [6.45, 7) is 2.94. The molecule has 126 valence electrons. The van der Waals surface area contributed by atoms with Gasteiger partial charge in [-0.25, -0.2) is 0 Å². The molecule has 2 heterocycles. The number of carbonyl (C=O) groups is 2. The van der Waals surface area contributed by atoms with Crippen molar-refractivity contribution in [1.82, 2.24) is 20.4 Å². The molecule has 1 saturated carbocycles. The zero-order valence-corrected chi connectivity index (χ0v) is 13.6. The minimum Gasteiger partial charge on any atom is -0.353 e. The molecule has 1 saturated heterocycles. The third-order valence-electron chi connectivity index (χ3n) is 4.74. The summed E-state index contributed by atoms with van der Waals surface area (Å²) in [6.07, 6.45) is 6.14. The van der Waals surface area contributed by atoms with Crippen LogP contribution in [0.25, 0.3) is 0 Å². The third kappa shape index (κ3) is 4.09. The number of rotatable bonds is 5. The van der Waals surface area contributed by atoms with Gasteiger partial charge in [-0.3, -0.25) is 9.59 Å². The van der Waals surface area contributed by atoms with Crippen LogP contribution in [0.1, 0.15) is 50.2 Å². The topological polar surface area (TPSA) is 88.3 Å². The van der Waals surface area contributed by atoms with Crippen LogP contribution >= 0.6 is 0 Å². The molecule has 3 rings (SSSR count). The first-order valence-corrected chi connectivity index (χ1v) is 8.49. The van der Waals surface area contributed by atoms with E-state index in [0.29, 0.717) is 43.7 Å². The van der Waals surface area contributed by atoms with Gasteiger partial charge in [0.15, 0.2) is 5.82 Å². The molecule has 0 radical (unpaired) electrons.